The minimum absolute atomic E-state index is 0.0187. The third-order valence-electron chi connectivity index (χ3n) is 3.95. The van der Waals surface area contributed by atoms with Crippen molar-refractivity contribution in [2.45, 2.75) is 24.3 Å². The Morgan fingerprint density at radius 1 is 1.00 bits per heavy atom. The number of rotatable bonds is 7. The highest BCUT2D eigenvalue weighted by Crippen LogP contribution is 2.22. The summed E-state index contributed by atoms with van der Waals surface area (Å²) < 4.78 is 45.7. The van der Waals surface area contributed by atoms with Crippen molar-refractivity contribution in [2.75, 3.05) is 10.0 Å². The molecule has 0 saturated heterocycles. The molecule has 2 N–H and O–H groups in total. The second-order valence-electron chi connectivity index (χ2n) is 6.72. The maximum absolute atomic E-state index is 13.0. The molecule has 1 heterocycles. The van der Waals surface area contributed by atoms with Crippen LogP contribution in [0.15, 0.2) is 71.9 Å². The van der Waals surface area contributed by atoms with Crippen LogP contribution in [0.5, 0.6) is 5.75 Å². The van der Waals surface area contributed by atoms with E-state index in [1.54, 1.807) is 19.9 Å². The van der Waals surface area contributed by atoms with Gasteiger partial charge in [-0.3, -0.25) is 4.79 Å². The molecule has 0 aliphatic carbocycles. The first-order valence-corrected chi connectivity index (χ1v) is 10.3. The first-order chi connectivity index (χ1) is 14.2. The van der Waals surface area contributed by atoms with E-state index in [4.69, 9.17) is 4.74 Å². The lowest BCUT2D eigenvalue weighted by Gasteiger charge is -2.25. The second kappa shape index (κ2) is 8.46. The molecule has 3 rings (SSSR count). The Kier molecular flexibility index (Phi) is 5.97. The van der Waals surface area contributed by atoms with Crippen molar-refractivity contribution < 1.29 is 22.3 Å². The molecule has 0 aliphatic heterocycles. The topological polar surface area (TPSA) is 110 Å². The van der Waals surface area contributed by atoms with E-state index in [1.165, 1.54) is 60.9 Å². The Morgan fingerprint density at radius 2 is 1.60 bits per heavy atom. The number of ether oxygens (including phenoxy) is 1. The van der Waals surface area contributed by atoms with Crippen LogP contribution in [-0.4, -0.2) is 29.9 Å². The fourth-order valence-electron chi connectivity index (χ4n) is 2.37. The Labute approximate surface area is 173 Å². The van der Waals surface area contributed by atoms with Crippen molar-refractivity contribution in [1.82, 2.24) is 9.97 Å². The van der Waals surface area contributed by atoms with Gasteiger partial charge in [-0.1, -0.05) is 0 Å². The summed E-state index contributed by atoms with van der Waals surface area (Å²) in [5.74, 6) is -0.576. The average molecular weight is 430 g/mol. The van der Waals surface area contributed by atoms with Gasteiger partial charge in [0.05, 0.1) is 4.90 Å². The van der Waals surface area contributed by atoms with Gasteiger partial charge in [0.25, 0.3) is 15.9 Å². The molecular weight excluding hydrogens is 411 g/mol. The molecule has 0 saturated carbocycles. The molecule has 0 spiro atoms. The fraction of sp³-hybridized carbons (Fsp3) is 0.150. The van der Waals surface area contributed by atoms with Gasteiger partial charge in [0, 0.05) is 18.1 Å². The first kappa shape index (κ1) is 21.2. The molecular formula is C20H19FN4O4S. The van der Waals surface area contributed by atoms with Crippen molar-refractivity contribution in [3.63, 3.8) is 0 Å². The standard InChI is InChI=1S/C20H19FN4O4S/c1-20(2,29-16-8-4-14(21)5-9-16)18(26)24-15-6-10-17(11-7-15)30(27,28)25-19-22-12-3-13-23-19/h3-13H,1-2H3,(H,24,26)(H,22,23,25). The van der Waals surface area contributed by atoms with Gasteiger partial charge in [0.2, 0.25) is 5.95 Å². The molecule has 156 valence electrons. The van der Waals surface area contributed by atoms with Crippen molar-refractivity contribution in [3.8, 4) is 5.75 Å². The number of nitrogens with one attached hydrogen (secondary N) is 2. The van der Waals surface area contributed by atoms with E-state index in [-0.39, 0.29) is 10.8 Å². The Hall–Kier alpha value is -3.53. The normalized spacial score (nSPS) is 11.6. The summed E-state index contributed by atoms with van der Waals surface area (Å²) in [6.45, 7) is 3.13. The number of amides is 1. The lowest BCUT2D eigenvalue weighted by atomic mass is 10.1. The number of hydrogen-bond acceptors (Lipinski definition) is 6. The number of carbonyl (C=O) groups is 1. The van der Waals surface area contributed by atoms with Gasteiger partial charge in [-0.05, 0) is 68.4 Å². The Balaban J connectivity index is 1.67. The lowest BCUT2D eigenvalue weighted by Crippen LogP contribution is -2.42. The highest BCUT2D eigenvalue weighted by Gasteiger charge is 2.30. The quantitative estimate of drug-likeness (QED) is 0.596. The van der Waals surface area contributed by atoms with Crippen molar-refractivity contribution in [2.24, 2.45) is 0 Å². The lowest BCUT2D eigenvalue weighted by molar-refractivity contribution is -0.128. The van der Waals surface area contributed by atoms with Gasteiger partial charge in [-0.15, -0.1) is 0 Å². The molecule has 8 nitrogen and oxygen atoms in total. The first-order valence-electron chi connectivity index (χ1n) is 8.82. The minimum Gasteiger partial charge on any atom is -0.478 e. The van der Waals surface area contributed by atoms with Crippen molar-refractivity contribution in [3.05, 3.63) is 72.8 Å². The van der Waals surface area contributed by atoms with Gasteiger partial charge in [-0.2, -0.15) is 0 Å². The Morgan fingerprint density at radius 3 is 2.20 bits per heavy atom. The van der Waals surface area contributed by atoms with E-state index >= 15 is 0 Å². The largest absolute Gasteiger partial charge is 0.478 e. The molecule has 30 heavy (non-hydrogen) atoms. The van der Waals surface area contributed by atoms with Gasteiger partial charge in [-0.25, -0.2) is 27.5 Å². The summed E-state index contributed by atoms with van der Waals surface area (Å²) in [7, 11) is -3.87. The zero-order chi connectivity index (χ0) is 21.8. The number of aromatic nitrogens is 2. The highest BCUT2D eigenvalue weighted by atomic mass is 32.2. The van der Waals surface area contributed by atoms with E-state index in [0.717, 1.165) is 0 Å². The molecule has 1 aromatic heterocycles. The summed E-state index contributed by atoms with van der Waals surface area (Å²) in [5, 5.41) is 2.66. The number of hydrogen-bond donors (Lipinski definition) is 2. The zero-order valence-corrected chi connectivity index (χ0v) is 17.0. The molecule has 0 fully saturated rings. The molecule has 1 amide bonds. The molecule has 0 bridgehead atoms. The third-order valence-corrected chi connectivity index (χ3v) is 5.29. The average Bonchev–Trinajstić information content (AvgIpc) is 2.70. The summed E-state index contributed by atoms with van der Waals surface area (Å²) >= 11 is 0. The highest BCUT2D eigenvalue weighted by molar-refractivity contribution is 7.92. The summed E-state index contributed by atoms with van der Waals surface area (Å²) in [6, 6.07) is 12.5. The van der Waals surface area contributed by atoms with Gasteiger partial charge in [0.15, 0.2) is 5.60 Å². The maximum atomic E-state index is 13.0. The molecule has 0 radical (unpaired) electrons. The second-order valence-corrected chi connectivity index (χ2v) is 8.41. The molecule has 0 atom stereocenters. The van der Waals surface area contributed by atoms with E-state index in [1.807, 2.05) is 0 Å². The zero-order valence-electron chi connectivity index (χ0n) is 16.2. The van der Waals surface area contributed by atoms with Crippen LogP contribution in [-0.2, 0) is 14.8 Å². The van der Waals surface area contributed by atoms with Gasteiger partial charge < -0.3 is 10.1 Å². The number of halogens is 1. The van der Waals surface area contributed by atoms with Crippen LogP contribution in [0.3, 0.4) is 0 Å². The van der Waals surface area contributed by atoms with Gasteiger partial charge in [0.1, 0.15) is 11.6 Å². The van der Waals surface area contributed by atoms with Crippen LogP contribution in [0.25, 0.3) is 0 Å². The van der Waals surface area contributed by atoms with Crippen molar-refractivity contribution in [1.29, 1.82) is 0 Å². The van der Waals surface area contributed by atoms with E-state index in [9.17, 15) is 17.6 Å². The number of carbonyl (C=O) groups excluding carboxylic acids is 1. The SMILES string of the molecule is CC(C)(Oc1ccc(F)cc1)C(=O)Nc1ccc(S(=O)(=O)Nc2ncccn2)cc1. The summed E-state index contributed by atoms with van der Waals surface area (Å²) in [5.41, 5.74) is -0.875. The van der Waals surface area contributed by atoms with Crippen LogP contribution >= 0.6 is 0 Å². The van der Waals surface area contributed by atoms with Crippen LogP contribution in [0.4, 0.5) is 16.0 Å². The number of anilines is 2. The fourth-order valence-corrected chi connectivity index (χ4v) is 3.33. The maximum Gasteiger partial charge on any atom is 0.267 e. The molecule has 2 aromatic carbocycles. The number of nitrogens with zero attached hydrogens (tertiary/aromatic N) is 2. The smallest absolute Gasteiger partial charge is 0.267 e. The molecule has 3 aromatic rings. The van der Waals surface area contributed by atoms with Crippen LogP contribution in [0, 0.1) is 5.82 Å². The van der Waals surface area contributed by atoms with Crippen LogP contribution < -0.4 is 14.8 Å². The Bertz CT molecular complexity index is 1120. The third kappa shape index (κ3) is 5.29. The number of benzene rings is 2. The van der Waals surface area contributed by atoms with Gasteiger partial charge >= 0.3 is 0 Å². The van der Waals surface area contributed by atoms with E-state index in [2.05, 4.69) is 20.0 Å². The number of sulfonamides is 1. The summed E-state index contributed by atoms with van der Waals surface area (Å²) in [6.07, 6.45) is 2.83. The summed E-state index contributed by atoms with van der Waals surface area (Å²) in [4.78, 5) is 20.2. The monoisotopic (exact) mass is 430 g/mol. The van der Waals surface area contributed by atoms with E-state index in [0.29, 0.717) is 11.4 Å². The molecule has 0 unspecified atom stereocenters. The minimum atomic E-state index is -3.87. The van der Waals surface area contributed by atoms with E-state index < -0.39 is 27.3 Å². The predicted molar refractivity (Wildman–Crippen MR) is 109 cm³/mol. The molecule has 0 aliphatic rings. The van der Waals surface area contributed by atoms with Crippen LogP contribution in [0.2, 0.25) is 0 Å². The van der Waals surface area contributed by atoms with Crippen LogP contribution in [0.1, 0.15) is 13.8 Å². The predicted octanol–water partition coefficient (Wildman–Crippen LogP) is 3.21. The molecule has 10 heteroatoms. The van der Waals surface area contributed by atoms with Crippen molar-refractivity contribution >= 4 is 27.6 Å².